The van der Waals surface area contributed by atoms with Gasteiger partial charge in [-0.05, 0) is 66.0 Å². The van der Waals surface area contributed by atoms with Crippen LogP contribution in [0.2, 0.25) is 0 Å². The molecule has 1 aliphatic carbocycles. The number of aliphatic hydroxyl groups is 1. The van der Waals surface area contributed by atoms with Gasteiger partial charge in [-0.3, -0.25) is 4.98 Å². The van der Waals surface area contributed by atoms with Crippen molar-refractivity contribution in [2.75, 3.05) is 7.11 Å². The maximum absolute atomic E-state index is 10.8. The van der Waals surface area contributed by atoms with E-state index in [9.17, 15) is 5.11 Å². The van der Waals surface area contributed by atoms with E-state index in [1.165, 1.54) is 17.7 Å². The molecule has 2 atom stereocenters. The van der Waals surface area contributed by atoms with Gasteiger partial charge in [0.1, 0.15) is 11.9 Å². The molecule has 4 heteroatoms. The lowest BCUT2D eigenvalue weighted by atomic mass is 9.71. The van der Waals surface area contributed by atoms with Crippen molar-refractivity contribution in [3.63, 3.8) is 0 Å². The van der Waals surface area contributed by atoms with Gasteiger partial charge in [0.2, 0.25) is 0 Å². The second-order valence-corrected chi connectivity index (χ2v) is 8.73. The molecular formula is C23H28N2O2. The number of aliphatic hydroxyl groups excluding tert-OH is 1. The zero-order valence-electron chi connectivity index (χ0n) is 16.5. The number of nitrogens with zero attached hydrogens (tertiary/aromatic N) is 1. The molecule has 27 heavy (non-hydrogen) atoms. The third-order valence-corrected chi connectivity index (χ3v) is 5.94. The minimum Gasteiger partial charge on any atom is -0.497 e. The quantitative estimate of drug-likeness (QED) is 0.701. The Balaban J connectivity index is 1.64. The number of hydrogen-bond donors (Lipinski definition) is 2. The van der Waals surface area contributed by atoms with Crippen molar-refractivity contribution in [2.45, 2.75) is 46.1 Å². The summed E-state index contributed by atoms with van der Waals surface area (Å²) < 4.78 is 5.19. The Morgan fingerprint density at radius 3 is 2.59 bits per heavy atom. The first-order chi connectivity index (χ1) is 12.8. The molecule has 4 nitrogen and oxygen atoms in total. The van der Waals surface area contributed by atoms with E-state index in [0.29, 0.717) is 11.3 Å². The van der Waals surface area contributed by atoms with Crippen LogP contribution in [0.5, 0.6) is 5.75 Å². The van der Waals surface area contributed by atoms with E-state index in [0.717, 1.165) is 40.9 Å². The summed E-state index contributed by atoms with van der Waals surface area (Å²) in [6, 6.07) is 11.7. The van der Waals surface area contributed by atoms with Crippen molar-refractivity contribution in [1.29, 1.82) is 0 Å². The van der Waals surface area contributed by atoms with Gasteiger partial charge in [0.25, 0.3) is 0 Å². The van der Waals surface area contributed by atoms with E-state index in [1.54, 1.807) is 7.11 Å². The van der Waals surface area contributed by atoms with Crippen LogP contribution < -0.4 is 4.74 Å². The maximum Gasteiger partial charge on any atom is 0.119 e. The third-order valence-electron chi connectivity index (χ3n) is 5.94. The lowest BCUT2D eigenvalue weighted by Crippen LogP contribution is -2.27. The van der Waals surface area contributed by atoms with Crippen molar-refractivity contribution in [1.82, 2.24) is 9.97 Å². The van der Waals surface area contributed by atoms with Crippen molar-refractivity contribution in [3.8, 4) is 5.75 Å². The molecule has 0 saturated carbocycles. The Bertz CT molecular complexity index is 951. The number of hydrogen-bond acceptors (Lipinski definition) is 3. The van der Waals surface area contributed by atoms with E-state index in [4.69, 9.17) is 9.72 Å². The predicted octanol–water partition coefficient (Wildman–Crippen LogP) is 4.80. The molecule has 0 spiro atoms. The average molecular weight is 364 g/mol. The molecule has 1 aromatic carbocycles. The second kappa shape index (κ2) is 6.68. The minimum absolute atomic E-state index is 0.318. The summed E-state index contributed by atoms with van der Waals surface area (Å²) in [5.41, 5.74) is 6.43. The van der Waals surface area contributed by atoms with Gasteiger partial charge < -0.3 is 14.8 Å². The van der Waals surface area contributed by atoms with Crippen LogP contribution >= 0.6 is 0 Å². The van der Waals surface area contributed by atoms with Gasteiger partial charge in [-0.25, -0.2) is 0 Å². The molecule has 4 rings (SSSR count). The molecule has 2 N–H and O–H groups in total. The Morgan fingerprint density at radius 2 is 1.93 bits per heavy atom. The van der Waals surface area contributed by atoms with Crippen molar-refractivity contribution < 1.29 is 9.84 Å². The fraction of sp³-hybridized carbons (Fsp3) is 0.435. The number of aromatic amines is 1. The number of fused-ring (bicyclic) bond motifs is 2. The molecule has 2 aromatic heterocycles. The van der Waals surface area contributed by atoms with Crippen LogP contribution in [-0.2, 0) is 12.8 Å². The molecule has 0 radical (unpaired) electrons. The topological polar surface area (TPSA) is 58.1 Å². The first-order valence-corrected chi connectivity index (χ1v) is 9.68. The van der Waals surface area contributed by atoms with E-state index in [2.05, 4.69) is 31.8 Å². The molecule has 142 valence electrons. The van der Waals surface area contributed by atoms with Crippen LogP contribution in [-0.4, -0.2) is 22.2 Å². The molecule has 0 amide bonds. The summed E-state index contributed by atoms with van der Waals surface area (Å²) in [6.45, 7) is 6.98. The number of benzene rings is 1. The van der Waals surface area contributed by atoms with Gasteiger partial charge >= 0.3 is 0 Å². The highest BCUT2D eigenvalue weighted by atomic mass is 16.5. The van der Waals surface area contributed by atoms with E-state index in [-0.39, 0.29) is 0 Å². The van der Waals surface area contributed by atoms with E-state index in [1.807, 2.05) is 30.3 Å². The predicted molar refractivity (Wildman–Crippen MR) is 108 cm³/mol. The van der Waals surface area contributed by atoms with Crippen LogP contribution in [0.25, 0.3) is 11.0 Å². The zero-order chi connectivity index (χ0) is 19.2. The number of H-pyrrole nitrogens is 1. The summed E-state index contributed by atoms with van der Waals surface area (Å²) in [5.74, 6) is 1.47. The number of ether oxygens (including phenoxy) is 1. The van der Waals surface area contributed by atoms with E-state index < -0.39 is 6.10 Å². The highest BCUT2D eigenvalue weighted by molar-refractivity contribution is 5.77. The third kappa shape index (κ3) is 3.46. The minimum atomic E-state index is -0.704. The monoisotopic (exact) mass is 364 g/mol. The van der Waals surface area contributed by atoms with Gasteiger partial charge in [0.05, 0.1) is 23.8 Å². The molecule has 1 aliphatic rings. The highest BCUT2D eigenvalue weighted by Gasteiger charge is 2.29. The largest absolute Gasteiger partial charge is 0.497 e. The molecular weight excluding hydrogens is 336 g/mol. The standard InChI is InChI=1S/C23H28N2O2/c1-23(2,3)16-7-10-18-15(11-16)12-19-20(24-18)13-21(25-19)22(26)14-5-8-17(27-4)9-6-14/h5-6,8-9,12-13,16,22,25-26H,7,10-11H2,1-4H3. The van der Waals surface area contributed by atoms with Gasteiger partial charge in [-0.15, -0.1) is 0 Å². The Morgan fingerprint density at radius 1 is 1.19 bits per heavy atom. The second-order valence-electron chi connectivity index (χ2n) is 8.73. The van der Waals surface area contributed by atoms with Crippen molar-refractivity contribution in [3.05, 3.63) is 58.9 Å². The number of aryl methyl sites for hydroxylation is 1. The highest BCUT2D eigenvalue weighted by Crippen LogP contribution is 2.38. The SMILES string of the molecule is COc1ccc(C(O)c2cc3nc4c(cc3[nH]2)CC(C(C)(C)C)CC4)cc1. The molecule has 0 bridgehead atoms. The maximum atomic E-state index is 10.8. The summed E-state index contributed by atoms with van der Waals surface area (Å²) >= 11 is 0. The Kier molecular flexibility index (Phi) is 4.47. The van der Waals surface area contributed by atoms with Crippen LogP contribution in [0, 0.1) is 11.3 Å². The lowest BCUT2D eigenvalue weighted by Gasteiger charge is -2.34. The van der Waals surface area contributed by atoms with Gasteiger partial charge in [-0.1, -0.05) is 32.9 Å². The van der Waals surface area contributed by atoms with Gasteiger partial charge in [-0.2, -0.15) is 0 Å². The van der Waals surface area contributed by atoms with E-state index >= 15 is 0 Å². The number of methoxy groups -OCH3 is 1. The normalized spacial score (nSPS) is 18.3. The zero-order valence-corrected chi connectivity index (χ0v) is 16.5. The van der Waals surface area contributed by atoms with Crippen molar-refractivity contribution in [2.24, 2.45) is 11.3 Å². The van der Waals surface area contributed by atoms with Gasteiger partial charge in [0.15, 0.2) is 0 Å². The summed E-state index contributed by atoms with van der Waals surface area (Å²) in [4.78, 5) is 8.28. The Labute approximate surface area is 160 Å². The molecule has 3 aromatic rings. The first-order valence-electron chi connectivity index (χ1n) is 9.68. The summed E-state index contributed by atoms with van der Waals surface area (Å²) in [6.07, 6.45) is 2.61. The smallest absolute Gasteiger partial charge is 0.119 e. The molecule has 2 heterocycles. The molecule has 2 unspecified atom stereocenters. The first kappa shape index (κ1) is 18.1. The number of aromatic nitrogens is 2. The molecule has 0 aliphatic heterocycles. The summed E-state index contributed by atoms with van der Waals surface area (Å²) in [7, 11) is 1.64. The Hall–Kier alpha value is -2.33. The fourth-order valence-electron chi connectivity index (χ4n) is 4.08. The number of pyridine rings is 1. The van der Waals surface area contributed by atoms with Crippen molar-refractivity contribution >= 4 is 11.0 Å². The van der Waals surface area contributed by atoms with Crippen LogP contribution in [0.1, 0.15) is 55.8 Å². The molecule has 0 saturated heterocycles. The summed E-state index contributed by atoms with van der Waals surface area (Å²) in [5, 5.41) is 10.8. The molecule has 0 fully saturated rings. The fourth-order valence-corrected chi connectivity index (χ4v) is 4.08. The lowest BCUT2D eigenvalue weighted by molar-refractivity contribution is 0.215. The average Bonchev–Trinajstić information content (AvgIpc) is 3.07. The van der Waals surface area contributed by atoms with Crippen LogP contribution in [0.3, 0.4) is 0 Å². The number of rotatable bonds is 3. The van der Waals surface area contributed by atoms with Gasteiger partial charge in [0, 0.05) is 5.69 Å². The van der Waals surface area contributed by atoms with Crippen LogP contribution in [0.4, 0.5) is 0 Å². The number of nitrogens with one attached hydrogen (secondary N) is 1. The van der Waals surface area contributed by atoms with Crippen LogP contribution in [0.15, 0.2) is 36.4 Å².